The highest BCUT2D eigenvalue weighted by Gasteiger charge is 2.64. The first kappa shape index (κ1) is 29.4. The van der Waals surface area contributed by atoms with E-state index in [1.807, 2.05) is 0 Å². The van der Waals surface area contributed by atoms with E-state index < -0.39 is 0 Å². The molecule has 35 heavy (non-hydrogen) atoms. The van der Waals surface area contributed by atoms with Crippen LogP contribution in [-0.4, -0.2) is 37.6 Å². The van der Waals surface area contributed by atoms with E-state index in [4.69, 9.17) is 14.2 Å². The van der Waals surface area contributed by atoms with Gasteiger partial charge in [-0.25, -0.2) is 0 Å². The number of epoxide rings is 1. The molecule has 1 heterocycles. The second kappa shape index (κ2) is 18.2. The maximum Gasteiger partial charge on any atom is 0.0899 e. The minimum absolute atomic E-state index is 0.291. The van der Waals surface area contributed by atoms with Crippen LogP contribution in [0.15, 0.2) is 0 Å². The van der Waals surface area contributed by atoms with Crippen LogP contribution < -0.4 is 0 Å². The second-order valence-corrected chi connectivity index (χ2v) is 12.0. The molecule has 0 radical (unpaired) electrons. The van der Waals surface area contributed by atoms with Crippen molar-refractivity contribution in [2.75, 3.05) is 13.2 Å². The van der Waals surface area contributed by atoms with E-state index in [0.717, 1.165) is 13.2 Å². The normalized spacial score (nSPS) is 29.0. The number of hydrogen-bond acceptors (Lipinski definition) is 3. The molecule has 2 bridgehead atoms. The Morgan fingerprint density at radius 2 is 0.771 bits per heavy atom. The number of hydrogen-bond donors (Lipinski definition) is 0. The lowest BCUT2D eigenvalue weighted by Gasteiger charge is -2.45. The summed E-state index contributed by atoms with van der Waals surface area (Å²) in [6.45, 7) is 6.42. The maximum absolute atomic E-state index is 6.54. The van der Waals surface area contributed by atoms with Gasteiger partial charge >= 0.3 is 0 Å². The van der Waals surface area contributed by atoms with E-state index in [9.17, 15) is 0 Å². The van der Waals surface area contributed by atoms with Crippen LogP contribution in [0.4, 0.5) is 0 Å². The molecular weight excluding hydrogens is 432 g/mol. The number of unbranched alkanes of at least 4 members (excludes halogenated alkanes) is 18. The summed E-state index contributed by atoms with van der Waals surface area (Å²) in [6, 6.07) is 0. The minimum atomic E-state index is 0.291. The predicted molar refractivity (Wildman–Crippen MR) is 148 cm³/mol. The Morgan fingerprint density at radius 1 is 0.457 bits per heavy atom. The fourth-order valence-electron chi connectivity index (χ4n) is 6.78. The van der Waals surface area contributed by atoms with Gasteiger partial charge < -0.3 is 14.2 Å². The van der Waals surface area contributed by atoms with Crippen molar-refractivity contribution in [1.29, 1.82) is 0 Å². The topological polar surface area (TPSA) is 31.0 Å². The molecule has 0 amide bonds. The van der Waals surface area contributed by atoms with Crippen molar-refractivity contribution in [3.63, 3.8) is 0 Å². The van der Waals surface area contributed by atoms with E-state index >= 15 is 0 Å². The third-order valence-corrected chi connectivity index (χ3v) is 9.02. The highest BCUT2D eigenvalue weighted by atomic mass is 16.6. The first-order valence-electron chi connectivity index (χ1n) is 16.3. The van der Waals surface area contributed by atoms with Crippen molar-refractivity contribution in [3.8, 4) is 0 Å². The van der Waals surface area contributed by atoms with Gasteiger partial charge in [0.25, 0.3) is 0 Å². The van der Waals surface area contributed by atoms with Gasteiger partial charge in [-0.05, 0) is 25.7 Å². The van der Waals surface area contributed by atoms with Gasteiger partial charge in [-0.15, -0.1) is 0 Å². The third kappa shape index (κ3) is 10.6. The smallest absolute Gasteiger partial charge is 0.0899 e. The van der Waals surface area contributed by atoms with Crippen LogP contribution in [0.3, 0.4) is 0 Å². The first-order chi connectivity index (χ1) is 17.4. The van der Waals surface area contributed by atoms with Gasteiger partial charge in [0.15, 0.2) is 0 Å². The lowest BCUT2D eigenvalue weighted by atomic mass is 9.67. The van der Waals surface area contributed by atoms with Gasteiger partial charge in [-0.1, -0.05) is 129 Å². The van der Waals surface area contributed by atoms with E-state index in [1.54, 1.807) is 0 Å². The van der Waals surface area contributed by atoms with Crippen LogP contribution in [-0.2, 0) is 14.2 Å². The molecule has 1 aliphatic heterocycles. The van der Waals surface area contributed by atoms with E-state index in [1.165, 1.54) is 141 Å². The summed E-state index contributed by atoms with van der Waals surface area (Å²) in [5.74, 6) is 1.18. The van der Waals surface area contributed by atoms with Crippen molar-refractivity contribution in [2.24, 2.45) is 11.8 Å². The molecule has 0 spiro atoms. The van der Waals surface area contributed by atoms with Crippen LogP contribution in [0.25, 0.3) is 0 Å². The molecule has 0 aromatic heterocycles. The van der Waals surface area contributed by atoms with Crippen LogP contribution in [0.1, 0.15) is 155 Å². The number of rotatable bonds is 24. The molecule has 3 heteroatoms. The Kier molecular flexibility index (Phi) is 15.3. The molecule has 3 aliphatic carbocycles. The lowest BCUT2D eigenvalue weighted by Crippen LogP contribution is -2.54. The molecule has 0 aromatic carbocycles. The summed E-state index contributed by atoms with van der Waals surface area (Å²) >= 11 is 0. The van der Waals surface area contributed by atoms with Crippen molar-refractivity contribution < 1.29 is 14.2 Å². The zero-order valence-electron chi connectivity index (χ0n) is 23.7. The molecule has 0 aromatic rings. The van der Waals surface area contributed by atoms with Crippen molar-refractivity contribution >= 4 is 0 Å². The zero-order valence-corrected chi connectivity index (χ0v) is 23.7. The molecule has 0 N–H and O–H groups in total. The van der Waals surface area contributed by atoms with Crippen LogP contribution in [0.2, 0.25) is 0 Å². The molecule has 3 nitrogen and oxygen atoms in total. The summed E-state index contributed by atoms with van der Waals surface area (Å²) in [4.78, 5) is 0. The van der Waals surface area contributed by atoms with E-state index in [2.05, 4.69) is 13.8 Å². The number of ether oxygens (including phenoxy) is 3. The Bertz CT molecular complexity index is 465. The van der Waals surface area contributed by atoms with Crippen molar-refractivity contribution in [2.45, 2.75) is 180 Å². The zero-order chi connectivity index (χ0) is 24.6. The SMILES string of the molecule is CCCCCCCCCCCCOC1C2CCC(C1OCCCCCCCCCCCC)C1OC21. The average Bonchev–Trinajstić information content (AvgIpc) is 3.69. The van der Waals surface area contributed by atoms with Crippen LogP contribution >= 0.6 is 0 Å². The van der Waals surface area contributed by atoms with Gasteiger partial charge in [0.1, 0.15) is 0 Å². The fourth-order valence-corrected chi connectivity index (χ4v) is 6.78. The fraction of sp³-hybridized carbons (Fsp3) is 1.00. The predicted octanol–water partition coefficient (Wildman–Crippen LogP) is 9.41. The van der Waals surface area contributed by atoms with Gasteiger partial charge in [0.2, 0.25) is 0 Å². The van der Waals surface area contributed by atoms with Crippen molar-refractivity contribution in [3.05, 3.63) is 0 Å². The molecule has 4 fully saturated rings. The molecule has 6 unspecified atom stereocenters. The third-order valence-electron chi connectivity index (χ3n) is 9.02. The summed E-state index contributed by atoms with van der Waals surface area (Å²) in [5.41, 5.74) is 0. The average molecular weight is 493 g/mol. The standard InChI is InChI=1S/C32H60O3/c1-3-5-7-9-11-13-15-17-19-21-25-33-29-27-23-24-28(32-31(27)35-32)30(29)34-26-22-20-18-16-14-12-10-8-6-4-2/h27-32H,3-26H2,1-2H3. The summed E-state index contributed by atoms with van der Waals surface area (Å²) < 4.78 is 19.2. The molecule has 3 saturated carbocycles. The summed E-state index contributed by atoms with van der Waals surface area (Å²) in [5, 5.41) is 0. The molecule has 1 saturated heterocycles. The monoisotopic (exact) mass is 492 g/mol. The molecular formula is C32H60O3. The number of fused-ring (bicyclic) bond motifs is 2. The summed E-state index contributed by atoms with van der Waals surface area (Å²) in [6.07, 6.45) is 31.7. The molecule has 6 atom stereocenters. The molecule has 206 valence electrons. The molecule has 4 rings (SSSR count). The first-order valence-corrected chi connectivity index (χ1v) is 16.3. The Morgan fingerprint density at radius 3 is 1.11 bits per heavy atom. The lowest BCUT2D eigenvalue weighted by molar-refractivity contribution is -0.155. The Balaban J connectivity index is 1.21. The highest BCUT2D eigenvalue weighted by molar-refractivity contribution is 5.12. The van der Waals surface area contributed by atoms with Gasteiger partial charge in [0.05, 0.1) is 24.4 Å². The van der Waals surface area contributed by atoms with E-state index in [-0.39, 0.29) is 0 Å². The largest absolute Gasteiger partial charge is 0.375 e. The van der Waals surface area contributed by atoms with Gasteiger partial charge in [0, 0.05) is 25.0 Å². The van der Waals surface area contributed by atoms with Crippen LogP contribution in [0.5, 0.6) is 0 Å². The minimum Gasteiger partial charge on any atom is -0.375 e. The maximum atomic E-state index is 6.54. The van der Waals surface area contributed by atoms with Crippen LogP contribution in [0, 0.1) is 11.8 Å². The Hall–Kier alpha value is -0.120. The Labute approximate surface area is 218 Å². The molecule has 4 aliphatic rings. The van der Waals surface area contributed by atoms with E-state index in [0.29, 0.717) is 36.3 Å². The second-order valence-electron chi connectivity index (χ2n) is 12.0. The van der Waals surface area contributed by atoms with Gasteiger partial charge in [-0.2, -0.15) is 0 Å². The quantitative estimate of drug-likeness (QED) is 0.0993. The highest BCUT2D eigenvalue weighted by Crippen LogP contribution is 2.54. The van der Waals surface area contributed by atoms with Gasteiger partial charge in [-0.3, -0.25) is 0 Å². The summed E-state index contributed by atoms with van der Waals surface area (Å²) in [7, 11) is 0. The van der Waals surface area contributed by atoms with Crippen molar-refractivity contribution in [1.82, 2.24) is 0 Å².